The Kier molecular flexibility index (Phi) is 6.17. The Hall–Kier alpha value is -2.69. The molecule has 2 heteroatoms. The molecular weight excluding hydrogens is 392 g/mol. The maximum atomic E-state index is 2.41. The Bertz CT molecular complexity index is 978. The third-order valence-corrected chi connectivity index (χ3v) is 18.7. The summed E-state index contributed by atoms with van der Waals surface area (Å²) in [6.07, 6.45) is 0. The number of aryl methyl sites for hydroxylation is 4. The zero-order valence-corrected chi connectivity index (χ0v) is 20.7. The van der Waals surface area contributed by atoms with E-state index in [1.165, 1.54) is 22.3 Å². The zero-order valence-electron chi connectivity index (χ0n) is 18.4. The quantitative estimate of drug-likeness (QED) is 0.433. The topological polar surface area (TPSA) is 0 Å². The smallest absolute Gasteiger partial charge is 0.0629 e. The summed E-state index contributed by atoms with van der Waals surface area (Å²) in [5, 5.41) is 6.43. The molecule has 0 spiro atoms. The lowest BCUT2D eigenvalue weighted by Gasteiger charge is -2.31. The number of benzene rings is 4. The van der Waals surface area contributed by atoms with Gasteiger partial charge in [0.25, 0.3) is 0 Å². The molecule has 0 atom stereocenters. The third kappa shape index (κ3) is 3.98. The Morgan fingerprint density at radius 3 is 0.733 bits per heavy atom. The normalized spacial score (nSPS) is 11.3. The summed E-state index contributed by atoms with van der Waals surface area (Å²) in [6.45, 7) is 9.20. The Labute approximate surface area is 184 Å². The minimum Gasteiger partial charge on any atom is -0.0629 e. The summed E-state index contributed by atoms with van der Waals surface area (Å²) < 4.78 is 0. The first-order valence-electron chi connectivity index (χ1n) is 10.8. The summed E-state index contributed by atoms with van der Waals surface area (Å²) in [4.78, 5) is 0. The summed E-state index contributed by atoms with van der Waals surface area (Å²) >= 11 is 0. The molecule has 150 valence electrons. The second-order valence-corrected chi connectivity index (χ2v) is 16.8. The van der Waals surface area contributed by atoms with E-state index in [1.54, 1.807) is 20.7 Å². The van der Waals surface area contributed by atoms with E-state index < -0.39 is 16.6 Å². The molecular formula is C28H30Si2. The molecule has 4 rings (SSSR count). The lowest BCUT2D eigenvalue weighted by atomic mass is 10.2. The monoisotopic (exact) mass is 422 g/mol. The SMILES string of the molecule is Cc1ccccc1[SiH](c1ccccc1C)[SiH](c1ccccc1C)c1ccccc1C. The summed E-state index contributed by atoms with van der Waals surface area (Å²) in [6, 6.07) is 36.5. The first-order chi connectivity index (χ1) is 14.6. The van der Waals surface area contributed by atoms with E-state index in [4.69, 9.17) is 0 Å². The molecule has 0 N–H and O–H groups in total. The van der Waals surface area contributed by atoms with Crippen LogP contribution < -0.4 is 20.7 Å². The van der Waals surface area contributed by atoms with E-state index >= 15 is 0 Å². The number of rotatable bonds is 5. The van der Waals surface area contributed by atoms with E-state index in [0.29, 0.717) is 0 Å². The van der Waals surface area contributed by atoms with Crippen molar-refractivity contribution in [3.63, 3.8) is 0 Å². The molecule has 0 amide bonds. The van der Waals surface area contributed by atoms with Crippen molar-refractivity contribution < 1.29 is 0 Å². The minimum atomic E-state index is -1.51. The Morgan fingerprint density at radius 2 is 0.533 bits per heavy atom. The molecule has 0 radical (unpaired) electrons. The molecule has 0 aliphatic heterocycles. The molecule has 0 unspecified atom stereocenters. The maximum Gasteiger partial charge on any atom is 0.104 e. The van der Waals surface area contributed by atoms with Gasteiger partial charge < -0.3 is 0 Å². The highest BCUT2D eigenvalue weighted by molar-refractivity contribution is 7.42. The van der Waals surface area contributed by atoms with Gasteiger partial charge in [0, 0.05) is 0 Å². The molecule has 4 aromatic carbocycles. The van der Waals surface area contributed by atoms with Gasteiger partial charge in [-0.25, -0.2) is 0 Å². The molecule has 0 nitrogen and oxygen atoms in total. The highest BCUT2D eigenvalue weighted by atomic mass is 29.2. The van der Waals surface area contributed by atoms with Gasteiger partial charge in [-0.15, -0.1) is 0 Å². The molecule has 0 fully saturated rings. The minimum absolute atomic E-state index is 1.44. The highest BCUT2D eigenvalue weighted by Gasteiger charge is 2.34. The maximum absolute atomic E-state index is 2.41. The first-order valence-corrected chi connectivity index (χ1v) is 15.8. The third-order valence-electron chi connectivity index (χ3n) is 6.43. The second kappa shape index (κ2) is 8.99. The van der Waals surface area contributed by atoms with Crippen molar-refractivity contribution in [2.24, 2.45) is 0 Å². The van der Waals surface area contributed by atoms with Crippen LogP contribution in [0.3, 0.4) is 0 Å². The van der Waals surface area contributed by atoms with Gasteiger partial charge in [-0.1, -0.05) is 140 Å². The van der Waals surface area contributed by atoms with E-state index in [2.05, 4.69) is 125 Å². The number of hydrogen-bond donors (Lipinski definition) is 0. The van der Waals surface area contributed by atoms with Crippen molar-refractivity contribution in [3.8, 4) is 0 Å². The van der Waals surface area contributed by atoms with Crippen molar-refractivity contribution in [2.45, 2.75) is 27.7 Å². The zero-order chi connectivity index (χ0) is 21.1. The Morgan fingerprint density at radius 1 is 0.333 bits per heavy atom. The Balaban J connectivity index is 2.06. The van der Waals surface area contributed by atoms with E-state index in [-0.39, 0.29) is 0 Å². The van der Waals surface area contributed by atoms with Gasteiger partial charge in [0.15, 0.2) is 0 Å². The van der Waals surface area contributed by atoms with Gasteiger partial charge >= 0.3 is 0 Å². The fourth-order valence-corrected chi connectivity index (χ4v) is 19.3. The van der Waals surface area contributed by atoms with Gasteiger partial charge in [0.2, 0.25) is 0 Å². The van der Waals surface area contributed by atoms with E-state index in [9.17, 15) is 0 Å². The van der Waals surface area contributed by atoms with Crippen LogP contribution in [0.25, 0.3) is 0 Å². The molecule has 0 heterocycles. The van der Waals surface area contributed by atoms with Crippen LogP contribution in [0.5, 0.6) is 0 Å². The van der Waals surface area contributed by atoms with E-state index in [0.717, 1.165) is 0 Å². The van der Waals surface area contributed by atoms with Crippen LogP contribution in [0.1, 0.15) is 22.3 Å². The lowest BCUT2D eigenvalue weighted by Crippen LogP contribution is -2.67. The van der Waals surface area contributed by atoms with Crippen LogP contribution in [-0.2, 0) is 0 Å². The van der Waals surface area contributed by atoms with Crippen LogP contribution in [0, 0.1) is 27.7 Å². The summed E-state index contributed by atoms with van der Waals surface area (Å²) in [7, 11) is -3.03. The molecule has 0 bridgehead atoms. The molecule has 0 saturated heterocycles. The summed E-state index contributed by atoms with van der Waals surface area (Å²) in [5.41, 5.74) is 5.77. The second-order valence-electron chi connectivity index (χ2n) is 8.38. The van der Waals surface area contributed by atoms with Crippen LogP contribution >= 0.6 is 0 Å². The molecule has 0 aliphatic rings. The molecule has 30 heavy (non-hydrogen) atoms. The molecule has 0 saturated carbocycles. The van der Waals surface area contributed by atoms with Crippen molar-refractivity contribution in [1.82, 2.24) is 0 Å². The first kappa shape index (κ1) is 20.6. The van der Waals surface area contributed by atoms with Crippen molar-refractivity contribution in [3.05, 3.63) is 119 Å². The van der Waals surface area contributed by atoms with Crippen molar-refractivity contribution >= 4 is 37.4 Å². The predicted molar refractivity (Wildman–Crippen MR) is 138 cm³/mol. The fraction of sp³-hybridized carbons (Fsp3) is 0.143. The van der Waals surface area contributed by atoms with Gasteiger partial charge in [-0.3, -0.25) is 0 Å². The predicted octanol–water partition coefficient (Wildman–Crippen LogP) is 3.38. The van der Waals surface area contributed by atoms with Gasteiger partial charge in [0.1, 0.15) is 16.6 Å². The van der Waals surface area contributed by atoms with E-state index in [1.807, 2.05) is 0 Å². The molecule has 4 aromatic rings. The summed E-state index contributed by atoms with van der Waals surface area (Å²) in [5.74, 6) is 0. The number of hydrogen-bond acceptors (Lipinski definition) is 0. The average molecular weight is 423 g/mol. The van der Waals surface area contributed by atoms with Crippen LogP contribution in [-0.4, -0.2) is 16.6 Å². The van der Waals surface area contributed by atoms with Crippen molar-refractivity contribution in [2.75, 3.05) is 0 Å². The fourth-order valence-electron chi connectivity index (χ4n) is 4.80. The average Bonchev–Trinajstić information content (AvgIpc) is 2.75. The highest BCUT2D eigenvalue weighted by Crippen LogP contribution is 2.09. The molecule has 0 aliphatic carbocycles. The van der Waals surface area contributed by atoms with Crippen LogP contribution in [0.4, 0.5) is 0 Å². The molecule has 0 aromatic heterocycles. The van der Waals surface area contributed by atoms with Crippen LogP contribution in [0.2, 0.25) is 0 Å². The lowest BCUT2D eigenvalue weighted by molar-refractivity contribution is 1.48. The largest absolute Gasteiger partial charge is 0.104 e. The van der Waals surface area contributed by atoms with Gasteiger partial charge in [0.05, 0.1) is 0 Å². The van der Waals surface area contributed by atoms with Crippen molar-refractivity contribution in [1.29, 1.82) is 0 Å². The standard InChI is InChI=1S/C28H30Si2/c1-21-13-5-9-17-25(21)29(26-18-10-6-14-22(26)2)30(27-19-11-7-15-23(27)3)28-20-12-8-16-24(28)4/h5-20,29-30H,1-4H3. The van der Waals surface area contributed by atoms with Gasteiger partial charge in [-0.2, -0.15) is 0 Å². The van der Waals surface area contributed by atoms with Crippen LogP contribution in [0.15, 0.2) is 97.1 Å². The van der Waals surface area contributed by atoms with Gasteiger partial charge in [-0.05, 0) is 27.7 Å².